The van der Waals surface area contributed by atoms with Crippen LogP contribution in [-0.2, 0) is 21.5 Å². The summed E-state index contributed by atoms with van der Waals surface area (Å²) in [7, 11) is 0. The monoisotopic (exact) mass is 536 g/mol. The van der Waals surface area contributed by atoms with E-state index in [9.17, 15) is 9.59 Å². The van der Waals surface area contributed by atoms with Crippen LogP contribution in [0.4, 0.5) is 0 Å². The normalized spacial score (nSPS) is 13.2. The molecule has 0 aliphatic heterocycles. The summed E-state index contributed by atoms with van der Waals surface area (Å²) in [5.74, 6) is 0.116. The van der Waals surface area contributed by atoms with Gasteiger partial charge in [-0.3, -0.25) is 9.59 Å². The van der Waals surface area contributed by atoms with Gasteiger partial charge >= 0.3 is 0 Å². The molecule has 0 aliphatic rings. The number of hydrogen-bond donors (Lipinski definition) is 1. The van der Waals surface area contributed by atoms with Gasteiger partial charge in [-0.15, -0.1) is 0 Å². The number of amides is 2. The molecule has 0 fully saturated rings. The third kappa shape index (κ3) is 8.04. The zero-order valence-corrected chi connectivity index (χ0v) is 22.6. The fourth-order valence-corrected chi connectivity index (χ4v) is 3.76. The molecule has 2 aromatic carbocycles. The summed E-state index contributed by atoms with van der Waals surface area (Å²) in [4.78, 5) is 27.5. The highest BCUT2D eigenvalue weighted by molar-refractivity contribution is 9.10. The van der Waals surface area contributed by atoms with Gasteiger partial charge in [0.25, 0.3) is 5.91 Å². The summed E-state index contributed by atoms with van der Waals surface area (Å²) >= 11 is 9.55. The van der Waals surface area contributed by atoms with E-state index in [0.29, 0.717) is 10.8 Å². The average molecular weight is 538 g/mol. The second kappa shape index (κ2) is 11.9. The molecular weight excluding hydrogens is 504 g/mol. The Bertz CT molecular complexity index is 957. The van der Waals surface area contributed by atoms with Crippen molar-refractivity contribution in [3.63, 3.8) is 0 Å². The molecule has 0 bridgehead atoms. The number of benzene rings is 2. The quantitative estimate of drug-likeness (QED) is 0.420. The van der Waals surface area contributed by atoms with Gasteiger partial charge in [-0.2, -0.15) is 0 Å². The van der Waals surface area contributed by atoms with Crippen LogP contribution in [0.5, 0.6) is 5.75 Å². The lowest BCUT2D eigenvalue weighted by molar-refractivity contribution is -0.142. The van der Waals surface area contributed by atoms with Crippen LogP contribution in [0.1, 0.15) is 59.1 Å². The molecule has 180 valence electrons. The molecule has 33 heavy (non-hydrogen) atoms. The summed E-state index contributed by atoms with van der Waals surface area (Å²) in [5, 5.41) is 3.58. The predicted octanol–water partition coefficient (Wildman–Crippen LogP) is 6.11. The fourth-order valence-electron chi connectivity index (χ4n) is 3.14. The van der Waals surface area contributed by atoms with Gasteiger partial charge < -0.3 is 15.0 Å². The zero-order chi connectivity index (χ0) is 24.8. The van der Waals surface area contributed by atoms with Gasteiger partial charge in [0.2, 0.25) is 5.91 Å². The van der Waals surface area contributed by atoms with Crippen molar-refractivity contribution in [1.82, 2.24) is 10.2 Å². The van der Waals surface area contributed by atoms with Crippen LogP contribution in [0, 0.1) is 0 Å². The van der Waals surface area contributed by atoms with Crippen LogP contribution >= 0.6 is 27.5 Å². The average Bonchev–Trinajstić information content (AvgIpc) is 2.76. The van der Waals surface area contributed by atoms with Gasteiger partial charge in [0.1, 0.15) is 11.8 Å². The molecule has 0 saturated carbocycles. The molecule has 0 unspecified atom stereocenters. The van der Waals surface area contributed by atoms with E-state index in [-0.39, 0.29) is 36.4 Å². The molecule has 0 spiro atoms. The second-order valence-electron chi connectivity index (χ2n) is 9.33. The molecule has 0 radical (unpaired) electrons. The van der Waals surface area contributed by atoms with Gasteiger partial charge in [-0.25, -0.2) is 0 Å². The summed E-state index contributed by atoms with van der Waals surface area (Å²) in [6.07, 6.45) is 0.811. The van der Waals surface area contributed by atoms with E-state index in [1.165, 1.54) is 0 Å². The molecular formula is C26H34BrClN2O3. The minimum Gasteiger partial charge on any atom is -0.483 e. The Kier molecular flexibility index (Phi) is 9.80. The number of halogens is 2. The van der Waals surface area contributed by atoms with E-state index < -0.39 is 6.04 Å². The highest BCUT2D eigenvalue weighted by atomic mass is 79.9. The Hall–Kier alpha value is -2.05. The SMILES string of the molecule is CC[C@@H](C)NC(=O)[C@@H](C)N(Cc1ccc(Cl)cc1)C(=O)COc1ccc(C(C)(C)C)cc1Br. The molecule has 0 saturated heterocycles. The number of rotatable bonds is 9. The summed E-state index contributed by atoms with van der Waals surface area (Å²) in [6, 6.07) is 12.5. The molecule has 2 aromatic rings. The van der Waals surface area contributed by atoms with Gasteiger partial charge in [0.05, 0.1) is 4.47 Å². The van der Waals surface area contributed by atoms with E-state index in [1.807, 2.05) is 44.2 Å². The second-order valence-corrected chi connectivity index (χ2v) is 10.6. The van der Waals surface area contributed by atoms with Crippen molar-refractivity contribution in [2.45, 2.75) is 72.0 Å². The van der Waals surface area contributed by atoms with E-state index in [1.54, 1.807) is 24.0 Å². The van der Waals surface area contributed by atoms with Crippen LogP contribution in [0.3, 0.4) is 0 Å². The maximum atomic E-state index is 13.2. The number of nitrogens with one attached hydrogen (secondary N) is 1. The number of nitrogens with zero attached hydrogens (tertiary/aromatic N) is 1. The number of ether oxygens (including phenoxy) is 1. The zero-order valence-electron chi connectivity index (χ0n) is 20.2. The van der Waals surface area contributed by atoms with E-state index >= 15 is 0 Å². The third-order valence-corrected chi connectivity index (χ3v) is 6.46. The van der Waals surface area contributed by atoms with Crippen molar-refractivity contribution in [2.75, 3.05) is 6.61 Å². The maximum Gasteiger partial charge on any atom is 0.261 e. The molecule has 0 heterocycles. The smallest absolute Gasteiger partial charge is 0.261 e. The standard InChI is InChI=1S/C26H34BrClN2O3/c1-7-17(2)29-25(32)18(3)30(15-19-8-11-21(28)12-9-19)24(31)16-33-23-13-10-20(14-22(23)27)26(4,5)6/h8-14,17-18H,7,15-16H2,1-6H3,(H,29,32)/t17-,18-/m1/s1. The van der Waals surface area contributed by atoms with E-state index in [0.717, 1.165) is 22.0 Å². The van der Waals surface area contributed by atoms with Crippen LogP contribution in [0.25, 0.3) is 0 Å². The maximum absolute atomic E-state index is 13.2. The van der Waals surface area contributed by atoms with E-state index in [4.69, 9.17) is 16.3 Å². The largest absolute Gasteiger partial charge is 0.483 e. The molecule has 2 amide bonds. The third-order valence-electron chi connectivity index (χ3n) is 5.58. The van der Waals surface area contributed by atoms with E-state index in [2.05, 4.69) is 42.0 Å². The van der Waals surface area contributed by atoms with Crippen LogP contribution in [0.2, 0.25) is 5.02 Å². The lowest BCUT2D eigenvalue weighted by Gasteiger charge is -2.29. The minimum atomic E-state index is -0.655. The summed E-state index contributed by atoms with van der Waals surface area (Å²) in [5.41, 5.74) is 2.05. The van der Waals surface area contributed by atoms with Gasteiger partial charge in [-0.1, -0.05) is 57.5 Å². The molecule has 2 atom stereocenters. The topological polar surface area (TPSA) is 58.6 Å². The first kappa shape index (κ1) is 27.2. The Labute approximate surface area is 211 Å². The molecule has 5 nitrogen and oxygen atoms in total. The van der Waals surface area contributed by atoms with Crippen LogP contribution < -0.4 is 10.1 Å². The highest BCUT2D eigenvalue weighted by Crippen LogP contribution is 2.31. The number of hydrogen-bond acceptors (Lipinski definition) is 3. The molecule has 2 rings (SSSR count). The Morgan fingerprint density at radius 1 is 1.12 bits per heavy atom. The molecule has 7 heteroatoms. The van der Waals surface area contributed by atoms with Crippen molar-refractivity contribution in [2.24, 2.45) is 0 Å². The van der Waals surface area contributed by atoms with Gasteiger partial charge in [0.15, 0.2) is 6.61 Å². The first-order chi connectivity index (χ1) is 15.4. The highest BCUT2D eigenvalue weighted by Gasteiger charge is 2.27. The molecule has 0 aromatic heterocycles. The fraction of sp³-hybridized carbons (Fsp3) is 0.462. The minimum absolute atomic E-state index is 0.00463. The lowest BCUT2D eigenvalue weighted by atomic mass is 9.87. The van der Waals surface area contributed by atoms with Crippen molar-refractivity contribution in [3.8, 4) is 5.75 Å². The predicted molar refractivity (Wildman–Crippen MR) is 138 cm³/mol. The Morgan fingerprint density at radius 3 is 2.30 bits per heavy atom. The summed E-state index contributed by atoms with van der Waals surface area (Å²) < 4.78 is 6.63. The van der Waals surface area contributed by atoms with Crippen molar-refractivity contribution >= 4 is 39.3 Å². The Balaban J connectivity index is 2.18. The molecule has 1 N–H and O–H groups in total. The lowest BCUT2D eigenvalue weighted by Crippen LogP contribution is -2.50. The van der Waals surface area contributed by atoms with Gasteiger partial charge in [-0.05, 0) is 77.0 Å². The van der Waals surface area contributed by atoms with Gasteiger partial charge in [0, 0.05) is 17.6 Å². The summed E-state index contributed by atoms with van der Waals surface area (Å²) in [6.45, 7) is 12.2. The number of carbonyl (C=O) groups is 2. The first-order valence-electron chi connectivity index (χ1n) is 11.2. The van der Waals surface area contributed by atoms with Crippen molar-refractivity contribution in [1.29, 1.82) is 0 Å². The van der Waals surface area contributed by atoms with Crippen LogP contribution in [-0.4, -0.2) is 35.4 Å². The number of carbonyl (C=O) groups excluding carboxylic acids is 2. The van der Waals surface area contributed by atoms with Crippen LogP contribution in [0.15, 0.2) is 46.9 Å². The van der Waals surface area contributed by atoms with Crippen molar-refractivity contribution < 1.29 is 14.3 Å². The Morgan fingerprint density at radius 2 is 1.76 bits per heavy atom. The first-order valence-corrected chi connectivity index (χ1v) is 12.4. The molecule has 0 aliphatic carbocycles. The van der Waals surface area contributed by atoms with Crippen molar-refractivity contribution in [3.05, 3.63) is 63.1 Å².